The Labute approximate surface area is 304 Å². The molecular formula is C40H29F6N3O5. The Kier molecular flexibility index (Phi) is 10.6. The highest BCUT2D eigenvalue weighted by molar-refractivity contribution is 6.09. The number of nitrogens with zero attached hydrogens (tertiary/aromatic N) is 2. The number of ether oxygens (including phenoxy) is 2. The van der Waals surface area contributed by atoms with Crippen molar-refractivity contribution in [2.45, 2.75) is 31.4 Å². The largest absolute Gasteiger partial charge is 0.573 e. The van der Waals surface area contributed by atoms with Crippen molar-refractivity contribution in [2.24, 2.45) is 10.7 Å². The third-order valence-corrected chi connectivity index (χ3v) is 8.36. The maximum Gasteiger partial charge on any atom is 0.573 e. The molecule has 0 saturated carbocycles. The summed E-state index contributed by atoms with van der Waals surface area (Å²) in [5.74, 6) is -4.39. The van der Waals surface area contributed by atoms with E-state index in [2.05, 4.69) is 14.5 Å². The SMILES string of the molecule is NC(=O)C1=CC(C(=O)c2ccc(-c3ccccc3)cc2OC(F)(F)F)N(Cc2ccccc2)C(C(O)c2ccc(-c3ccccc3)cc2OC(F)(F)F)=N1. The number of nitrogens with two attached hydrogens (primary N) is 1. The van der Waals surface area contributed by atoms with Gasteiger partial charge in [-0.25, -0.2) is 4.99 Å². The molecular weight excluding hydrogens is 716 g/mol. The number of hydrogen-bond acceptors (Lipinski definition) is 7. The van der Waals surface area contributed by atoms with Crippen LogP contribution in [0.15, 0.2) is 144 Å². The molecule has 0 bridgehead atoms. The Morgan fingerprint density at radius 1 is 0.704 bits per heavy atom. The van der Waals surface area contributed by atoms with E-state index in [0.717, 1.165) is 24.3 Å². The molecule has 1 heterocycles. The normalized spacial score (nSPS) is 15.2. The fourth-order valence-electron chi connectivity index (χ4n) is 5.97. The first kappa shape index (κ1) is 37.4. The van der Waals surface area contributed by atoms with E-state index in [0.29, 0.717) is 27.8 Å². The molecule has 1 aliphatic heterocycles. The molecule has 0 aromatic heterocycles. The topological polar surface area (TPSA) is 114 Å². The third kappa shape index (κ3) is 8.78. The van der Waals surface area contributed by atoms with Gasteiger partial charge in [-0.05, 0) is 52.1 Å². The number of hydrogen-bond donors (Lipinski definition) is 2. The molecule has 5 aromatic carbocycles. The van der Waals surface area contributed by atoms with E-state index < -0.39 is 70.7 Å². The first-order valence-corrected chi connectivity index (χ1v) is 16.2. The zero-order valence-corrected chi connectivity index (χ0v) is 27.9. The molecule has 2 atom stereocenters. The average Bonchev–Trinajstić information content (AvgIpc) is 3.14. The monoisotopic (exact) mass is 745 g/mol. The first-order chi connectivity index (χ1) is 25.7. The standard InChI is InChI=1S/C40H29F6N3O5/c41-39(42,43)53-33-20-27(25-12-6-2-7-13-25)16-18-29(33)35(50)32-22-31(37(47)52)48-38(49(32)23-24-10-4-1-5-11-24)36(51)30-19-17-28(26-14-8-3-9-15-26)21-34(30)54-40(44,45)46/h1-22,32,36,51H,23H2,(H2,47,52). The molecule has 6 rings (SSSR count). The van der Waals surface area contributed by atoms with Crippen LogP contribution in [0.3, 0.4) is 0 Å². The minimum atomic E-state index is -5.22. The smallest absolute Gasteiger partial charge is 0.405 e. The lowest BCUT2D eigenvalue weighted by Gasteiger charge is -2.37. The van der Waals surface area contributed by atoms with Crippen LogP contribution in [0.25, 0.3) is 22.3 Å². The van der Waals surface area contributed by atoms with E-state index in [9.17, 15) is 41.0 Å². The number of ketones is 1. The molecule has 5 aromatic rings. The Morgan fingerprint density at radius 2 is 1.20 bits per heavy atom. The minimum absolute atomic E-state index is 0.259. The van der Waals surface area contributed by atoms with Crippen molar-refractivity contribution in [2.75, 3.05) is 0 Å². The van der Waals surface area contributed by atoms with E-state index in [1.807, 2.05) is 0 Å². The first-order valence-electron chi connectivity index (χ1n) is 16.2. The highest BCUT2D eigenvalue weighted by Gasteiger charge is 2.40. The van der Waals surface area contributed by atoms with Gasteiger partial charge in [0.15, 0.2) is 5.78 Å². The molecule has 0 spiro atoms. The zero-order valence-electron chi connectivity index (χ0n) is 27.9. The van der Waals surface area contributed by atoms with Gasteiger partial charge in [0.25, 0.3) is 5.91 Å². The van der Waals surface area contributed by atoms with E-state index >= 15 is 0 Å². The molecule has 276 valence electrons. The number of aliphatic hydroxyl groups excluding tert-OH is 1. The summed E-state index contributed by atoms with van der Waals surface area (Å²) in [5.41, 5.74) is 6.16. The molecule has 0 saturated heterocycles. The van der Waals surface area contributed by atoms with Crippen LogP contribution >= 0.6 is 0 Å². The fourth-order valence-corrected chi connectivity index (χ4v) is 5.97. The highest BCUT2D eigenvalue weighted by atomic mass is 19.4. The zero-order chi connectivity index (χ0) is 38.6. The summed E-state index contributed by atoms with van der Waals surface area (Å²) in [6.07, 6.45) is -11.5. The van der Waals surface area contributed by atoms with Crippen LogP contribution in [0, 0.1) is 0 Å². The molecule has 3 N–H and O–H groups in total. The van der Waals surface area contributed by atoms with Gasteiger partial charge in [0, 0.05) is 12.1 Å². The number of Topliss-reactive ketones (excluding diaryl/α,β-unsaturated/α-hetero) is 1. The lowest BCUT2D eigenvalue weighted by atomic mass is 9.94. The van der Waals surface area contributed by atoms with Crippen LogP contribution in [-0.2, 0) is 11.3 Å². The van der Waals surface area contributed by atoms with Gasteiger partial charge < -0.3 is 25.2 Å². The van der Waals surface area contributed by atoms with Gasteiger partial charge in [0.1, 0.15) is 35.2 Å². The second kappa shape index (κ2) is 15.3. The lowest BCUT2D eigenvalue weighted by Crippen LogP contribution is -2.48. The molecule has 54 heavy (non-hydrogen) atoms. The van der Waals surface area contributed by atoms with Gasteiger partial charge in [-0.15, -0.1) is 26.3 Å². The van der Waals surface area contributed by atoms with Crippen LogP contribution in [0.5, 0.6) is 11.5 Å². The Balaban J connectivity index is 1.49. The summed E-state index contributed by atoms with van der Waals surface area (Å²) in [7, 11) is 0. The summed E-state index contributed by atoms with van der Waals surface area (Å²) in [6, 6.07) is 30.6. The number of carbonyl (C=O) groups excluding carboxylic acids is 2. The summed E-state index contributed by atoms with van der Waals surface area (Å²) >= 11 is 0. The van der Waals surface area contributed by atoms with Crippen molar-refractivity contribution in [3.05, 3.63) is 156 Å². The number of amides is 1. The van der Waals surface area contributed by atoms with Crippen LogP contribution in [0.4, 0.5) is 26.3 Å². The Morgan fingerprint density at radius 3 is 1.74 bits per heavy atom. The molecule has 2 unspecified atom stereocenters. The number of aliphatic imine (C=N–C) groups is 1. The summed E-state index contributed by atoms with van der Waals surface area (Å²) in [5, 5.41) is 11.9. The summed E-state index contributed by atoms with van der Waals surface area (Å²) < 4.78 is 91.4. The molecule has 14 heteroatoms. The average molecular weight is 746 g/mol. The van der Waals surface area contributed by atoms with Crippen molar-refractivity contribution < 1.29 is 50.5 Å². The maximum absolute atomic E-state index is 14.5. The second-order valence-corrected chi connectivity index (χ2v) is 12.0. The maximum atomic E-state index is 14.5. The molecule has 1 aliphatic rings. The van der Waals surface area contributed by atoms with Crippen molar-refractivity contribution >= 4 is 17.5 Å². The third-order valence-electron chi connectivity index (χ3n) is 8.36. The van der Waals surface area contributed by atoms with Gasteiger partial charge in [-0.3, -0.25) is 9.59 Å². The minimum Gasteiger partial charge on any atom is -0.405 e. The number of amidine groups is 1. The van der Waals surface area contributed by atoms with Crippen molar-refractivity contribution in [1.29, 1.82) is 0 Å². The van der Waals surface area contributed by atoms with Crippen molar-refractivity contribution in [3.63, 3.8) is 0 Å². The number of rotatable bonds is 11. The number of halogens is 6. The highest BCUT2D eigenvalue weighted by Crippen LogP contribution is 2.39. The Bertz CT molecular complexity index is 2210. The van der Waals surface area contributed by atoms with E-state index in [4.69, 9.17) is 5.73 Å². The van der Waals surface area contributed by atoms with Crippen molar-refractivity contribution in [3.8, 4) is 33.8 Å². The van der Waals surface area contributed by atoms with Crippen LogP contribution in [-0.4, -0.2) is 46.3 Å². The number of carbonyl (C=O) groups is 2. The molecule has 0 fully saturated rings. The van der Waals surface area contributed by atoms with Gasteiger partial charge >= 0.3 is 12.7 Å². The van der Waals surface area contributed by atoms with Gasteiger partial charge in [0.05, 0.1) is 5.56 Å². The van der Waals surface area contributed by atoms with E-state index in [-0.39, 0.29) is 6.54 Å². The predicted molar refractivity (Wildman–Crippen MR) is 187 cm³/mol. The van der Waals surface area contributed by atoms with E-state index in [1.165, 1.54) is 23.1 Å². The molecule has 1 amide bonds. The second-order valence-electron chi connectivity index (χ2n) is 12.0. The van der Waals surface area contributed by atoms with Gasteiger partial charge in [-0.1, -0.05) is 109 Å². The van der Waals surface area contributed by atoms with Crippen LogP contribution < -0.4 is 15.2 Å². The fraction of sp³-hybridized carbons (Fsp3) is 0.125. The number of benzene rings is 5. The quantitative estimate of drug-likeness (QED) is 0.104. The lowest BCUT2D eigenvalue weighted by molar-refractivity contribution is -0.275. The summed E-state index contributed by atoms with van der Waals surface area (Å²) in [6.45, 7) is -0.259. The number of aliphatic hydroxyl groups is 1. The molecule has 0 radical (unpaired) electrons. The van der Waals surface area contributed by atoms with Crippen molar-refractivity contribution in [1.82, 2.24) is 4.90 Å². The summed E-state index contributed by atoms with van der Waals surface area (Å²) in [4.78, 5) is 32.5. The van der Waals surface area contributed by atoms with E-state index in [1.54, 1.807) is 91.0 Å². The Hall–Kier alpha value is -6.41. The van der Waals surface area contributed by atoms with Crippen LogP contribution in [0.1, 0.15) is 27.6 Å². The molecule has 0 aliphatic carbocycles. The molecule has 8 nitrogen and oxygen atoms in total. The predicted octanol–water partition coefficient (Wildman–Crippen LogP) is 8.39. The number of alkyl halides is 6. The van der Waals surface area contributed by atoms with Crippen LogP contribution in [0.2, 0.25) is 0 Å². The van der Waals surface area contributed by atoms with Gasteiger partial charge in [0.2, 0.25) is 0 Å². The number of primary amides is 1. The van der Waals surface area contributed by atoms with Gasteiger partial charge in [-0.2, -0.15) is 0 Å².